The van der Waals surface area contributed by atoms with E-state index >= 15 is 0 Å². The second-order valence-corrected chi connectivity index (χ2v) is 6.97. The fourth-order valence-electron chi connectivity index (χ4n) is 3.55. The summed E-state index contributed by atoms with van der Waals surface area (Å²) in [5.41, 5.74) is 2.77. The molecule has 7 nitrogen and oxygen atoms in total. The van der Waals surface area contributed by atoms with Crippen LogP contribution in [0, 0.1) is 5.92 Å². The molecule has 3 aromatic heterocycles. The standard InChI is InChI=1S/C17H20FN7/c18-14-1-2-24(10-14)17-15-3-12(6-20-16(15)22-23-17)13-7-21-25(9-13)8-11-4-19-5-11/h3,6-7,9,11,14,19H,1-2,4-5,8,10H2,(H,20,22,23). The van der Waals surface area contributed by atoms with Crippen LogP contribution in [-0.2, 0) is 6.54 Å². The predicted octanol–water partition coefficient (Wildman–Crippen LogP) is 1.59. The third kappa shape index (κ3) is 2.66. The second-order valence-electron chi connectivity index (χ2n) is 6.97. The molecule has 0 saturated carbocycles. The van der Waals surface area contributed by atoms with Crippen molar-refractivity contribution in [3.05, 3.63) is 24.7 Å². The highest BCUT2D eigenvalue weighted by Crippen LogP contribution is 2.30. The van der Waals surface area contributed by atoms with Gasteiger partial charge in [0.25, 0.3) is 0 Å². The van der Waals surface area contributed by atoms with Crippen molar-refractivity contribution in [1.29, 1.82) is 0 Å². The van der Waals surface area contributed by atoms with Crippen LogP contribution >= 0.6 is 0 Å². The van der Waals surface area contributed by atoms with E-state index in [2.05, 4.69) is 37.9 Å². The van der Waals surface area contributed by atoms with Crippen LogP contribution in [0.5, 0.6) is 0 Å². The van der Waals surface area contributed by atoms with Crippen molar-refractivity contribution < 1.29 is 4.39 Å². The Morgan fingerprint density at radius 3 is 2.92 bits per heavy atom. The fourth-order valence-corrected chi connectivity index (χ4v) is 3.55. The molecule has 1 atom stereocenters. The first-order valence-electron chi connectivity index (χ1n) is 8.73. The minimum atomic E-state index is -0.776. The van der Waals surface area contributed by atoms with E-state index in [1.165, 1.54) is 0 Å². The lowest BCUT2D eigenvalue weighted by Gasteiger charge is -2.26. The highest BCUT2D eigenvalue weighted by atomic mass is 19.1. The first kappa shape index (κ1) is 14.8. The molecule has 0 aliphatic carbocycles. The van der Waals surface area contributed by atoms with Gasteiger partial charge in [-0.05, 0) is 12.5 Å². The van der Waals surface area contributed by atoms with Crippen molar-refractivity contribution in [1.82, 2.24) is 30.3 Å². The summed E-state index contributed by atoms with van der Waals surface area (Å²) >= 11 is 0. The molecule has 2 N–H and O–H groups in total. The molecule has 5 heterocycles. The van der Waals surface area contributed by atoms with Gasteiger partial charge in [-0.15, -0.1) is 0 Å². The molecule has 3 aromatic rings. The third-order valence-electron chi connectivity index (χ3n) is 5.10. The van der Waals surface area contributed by atoms with E-state index in [-0.39, 0.29) is 0 Å². The summed E-state index contributed by atoms with van der Waals surface area (Å²) in [5.74, 6) is 1.45. The number of halogens is 1. The Morgan fingerprint density at radius 2 is 2.16 bits per heavy atom. The van der Waals surface area contributed by atoms with Crippen molar-refractivity contribution in [3.8, 4) is 11.1 Å². The Labute approximate surface area is 144 Å². The maximum Gasteiger partial charge on any atom is 0.160 e. The smallest absolute Gasteiger partial charge is 0.160 e. The predicted molar refractivity (Wildman–Crippen MR) is 93.2 cm³/mol. The lowest BCUT2D eigenvalue weighted by Crippen LogP contribution is -2.44. The van der Waals surface area contributed by atoms with Gasteiger partial charge in [0.05, 0.1) is 18.1 Å². The zero-order valence-electron chi connectivity index (χ0n) is 13.8. The molecule has 2 saturated heterocycles. The van der Waals surface area contributed by atoms with Gasteiger partial charge in [0, 0.05) is 55.6 Å². The Hall–Kier alpha value is -2.48. The number of hydrogen-bond acceptors (Lipinski definition) is 5. The molecule has 2 fully saturated rings. The largest absolute Gasteiger partial charge is 0.352 e. The number of nitrogens with one attached hydrogen (secondary N) is 2. The molecular weight excluding hydrogens is 321 g/mol. The minimum Gasteiger partial charge on any atom is -0.352 e. The van der Waals surface area contributed by atoms with E-state index in [1.54, 1.807) is 0 Å². The number of fused-ring (bicyclic) bond motifs is 1. The van der Waals surface area contributed by atoms with Crippen LogP contribution in [-0.4, -0.2) is 57.3 Å². The highest BCUT2D eigenvalue weighted by Gasteiger charge is 2.25. The molecule has 0 bridgehead atoms. The van der Waals surface area contributed by atoms with Crippen molar-refractivity contribution in [2.75, 3.05) is 31.1 Å². The van der Waals surface area contributed by atoms with Crippen LogP contribution in [0.1, 0.15) is 6.42 Å². The van der Waals surface area contributed by atoms with Crippen LogP contribution < -0.4 is 10.2 Å². The number of alkyl halides is 1. The number of anilines is 1. The topological polar surface area (TPSA) is 74.7 Å². The number of aromatic amines is 1. The minimum absolute atomic E-state index is 0.400. The van der Waals surface area contributed by atoms with Gasteiger partial charge in [-0.1, -0.05) is 0 Å². The van der Waals surface area contributed by atoms with Crippen LogP contribution in [0.3, 0.4) is 0 Å². The van der Waals surface area contributed by atoms with E-state index in [4.69, 9.17) is 0 Å². The molecule has 1 unspecified atom stereocenters. The van der Waals surface area contributed by atoms with E-state index in [1.807, 2.05) is 22.0 Å². The summed E-state index contributed by atoms with van der Waals surface area (Å²) in [6.45, 7) is 4.15. The number of nitrogens with zero attached hydrogens (tertiary/aromatic N) is 5. The summed E-state index contributed by atoms with van der Waals surface area (Å²) < 4.78 is 15.5. The summed E-state index contributed by atoms with van der Waals surface area (Å²) in [6, 6.07) is 2.07. The zero-order chi connectivity index (χ0) is 16.8. The lowest BCUT2D eigenvalue weighted by molar-refractivity contribution is 0.295. The van der Waals surface area contributed by atoms with Gasteiger partial charge < -0.3 is 10.2 Å². The van der Waals surface area contributed by atoms with E-state index in [9.17, 15) is 4.39 Å². The molecule has 0 aromatic carbocycles. The second kappa shape index (κ2) is 5.80. The molecule has 0 spiro atoms. The summed E-state index contributed by atoms with van der Waals surface area (Å²) in [4.78, 5) is 6.47. The first-order chi connectivity index (χ1) is 12.3. The molecule has 130 valence electrons. The summed E-state index contributed by atoms with van der Waals surface area (Å²) in [5, 5.41) is 16.0. The van der Waals surface area contributed by atoms with Crippen LogP contribution in [0.25, 0.3) is 22.2 Å². The fraction of sp³-hybridized carbons (Fsp3) is 0.471. The first-order valence-corrected chi connectivity index (χ1v) is 8.73. The van der Waals surface area contributed by atoms with Gasteiger partial charge in [-0.2, -0.15) is 10.2 Å². The number of aromatic nitrogens is 5. The molecule has 8 heteroatoms. The van der Waals surface area contributed by atoms with Crippen LogP contribution in [0.15, 0.2) is 24.7 Å². The van der Waals surface area contributed by atoms with Crippen molar-refractivity contribution in [2.24, 2.45) is 5.92 Å². The number of hydrogen-bond donors (Lipinski definition) is 2. The zero-order valence-corrected chi connectivity index (χ0v) is 13.8. The van der Waals surface area contributed by atoms with E-state index in [0.29, 0.717) is 25.4 Å². The monoisotopic (exact) mass is 341 g/mol. The normalized spacial score (nSPS) is 21.2. The van der Waals surface area contributed by atoms with Gasteiger partial charge in [0.15, 0.2) is 11.5 Å². The van der Waals surface area contributed by atoms with Crippen LogP contribution in [0.4, 0.5) is 10.2 Å². The Morgan fingerprint density at radius 1 is 1.24 bits per heavy atom. The molecule has 5 rings (SSSR count). The van der Waals surface area contributed by atoms with Gasteiger partial charge in [-0.3, -0.25) is 9.78 Å². The summed E-state index contributed by atoms with van der Waals surface area (Å²) in [6.07, 6.45) is 5.56. The Bertz CT molecular complexity index is 897. The molecule has 25 heavy (non-hydrogen) atoms. The molecule has 0 radical (unpaired) electrons. The maximum absolute atomic E-state index is 13.5. The van der Waals surface area contributed by atoms with Gasteiger partial charge in [-0.25, -0.2) is 9.37 Å². The Kier molecular flexibility index (Phi) is 3.44. The molecule has 2 aliphatic heterocycles. The van der Waals surface area contributed by atoms with Gasteiger partial charge in [0.1, 0.15) is 6.17 Å². The van der Waals surface area contributed by atoms with Crippen molar-refractivity contribution in [2.45, 2.75) is 19.1 Å². The molecule has 0 amide bonds. The van der Waals surface area contributed by atoms with Crippen molar-refractivity contribution in [3.63, 3.8) is 0 Å². The summed E-state index contributed by atoms with van der Waals surface area (Å²) in [7, 11) is 0. The maximum atomic E-state index is 13.5. The SMILES string of the molecule is FC1CCN(c2n[nH]c3ncc(-c4cnn(CC5CNC5)c4)cc23)C1. The number of pyridine rings is 1. The number of rotatable bonds is 4. The lowest BCUT2D eigenvalue weighted by atomic mass is 10.0. The Balaban J connectivity index is 1.45. The third-order valence-corrected chi connectivity index (χ3v) is 5.10. The van der Waals surface area contributed by atoms with Gasteiger partial charge >= 0.3 is 0 Å². The average Bonchev–Trinajstić information content (AvgIpc) is 3.29. The van der Waals surface area contributed by atoms with Gasteiger partial charge in [0.2, 0.25) is 0 Å². The number of H-pyrrole nitrogens is 1. The average molecular weight is 341 g/mol. The van der Waals surface area contributed by atoms with E-state index in [0.717, 1.165) is 47.6 Å². The highest BCUT2D eigenvalue weighted by molar-refractivity contribution is 5.90. The molecular formula is C17H20FN7. The molecule has 2 aliphatic rings. The van der Waals surface area contributed by atoms with E-state index < -0.39 is 6.17 Å². The van der Waals surface area contributed by atoms with Crippen LogP contribution in [0.2, 0.25) is 0 Å². The quantitative estimate of drug-likeness (QED) is 0.754. The van der Waals surface area contributed by atoms with Crippen molar-refractivity contribution >= 4 is 16.9 Å².